The number of rotatable bonds is 2. The summed E-state index contributed by atoms with van der Waals surface area (Å²) in [7, 11) is 0. The fraction of sp³-hybridized carbons (Fsp3) is 0.667. The van der Waals surface area contributed by atoms with Gasteiger partial charge in [0.05, 0.1) is 12.7 Å². The molecule has 7 heteroatoms. The van der Waals surface area contributed by atoms with Gasteiger partial charge in [-0.15, -0.1) is 0 Å². The summed E-state index contributed by atoms with van der Waals surface area (Å²) in [5.74, 6) is 0.195. The second kappa shape index (κ2) is 4.79. The van der Waals surface area contributed by atoms with Gasteiger partial charge < -0.3 is 19.8 Å². The molecule has 0 aromatic heterocycles. The normalized spacial score (nSPS) is 34.1. The van der Waals surface area contributed by atoms with E-state index in [4.69, 9.17) is 15.1 Å². The number of hydroxylamine groups is 1. The number of aliphatic hydroxyl groups is 2. The van der Waals surface area contributed by atoms with Gasteiger partial charge in [-0.05, 0) is 18.9 Å². The van der Waals surface area contributed by atoms with Crippen LogP contribution in [0.2, 0.25) is 0 Å². The Bertz CT molecular complexity index is 307. The van der Waals surface area contributed by atoms with Crippen molar-refractivity contribution in [2.24, 2.45) is 4.99 Å². The summed E-state index contributed by atoms with van der Waals surface area (Å²) >= 11 is 0. The molecule has 2 aliphatic rings. The number of hydrogen-bond donors (Lipinski definition) is 4. The topological polar surface area (TPSA) is 97.6 Å². The number of nitrogens with one attached hydrogen (secondary N) is 1. The molecule has 1 saturated heterocycles. The molecule has 0 aliphatic carbocycles. The Morgan fingerprint density at radius 1 is 1.56 bits per heavy atom. The minimum Gasteiger partial charge on any atom is -0.394 e. The van der Waals surface area contributed by atoms with Crippen LogP contribution in [0.1, 0.15) is 12.8 Å². The third-order valence-electron chi connectivity index (χ3n) is 2.66. The molecule has 0 spiro atoms. The molecule has 2 aliphatic heterocycles. The average molecular weight is 229 g/mol. The van der Waals surface area contributed by atoms with E-state index in [1.165, 1.54) is 11.0 Å². The van der Waals surface area contributed by atoms with Crippen molar-refractivity contribution in [3.63, 3.8) is 0 Å². The van der Waals surface area contributed by atoms with Crippen molar-refractivity contribution in [2.45, 2.75) is 31.5 Å². The lowest BCUT2D eigenvalue weighted by atomic mass is 10.2. The van der Waals surface area contributed by atoms with Gasteiger partial charge in [-0.1, -0.05) is 0 Å². The van der Waals surface area contributed by atoms with Gasteiger partial charge in [0.15, 0.2) is 5.84 Å². The van der Waals surface area contributed by atoms with Gasteiger partial charge >= 0.3 is 0 Å². The van der Waals surface area contributed by atoms with Crippen molar-refractivity contribution >= 4 is 5.84 Å². The number of nitrogens with zero attached hydrogens (tertiary/aromatic N) is 2. The van der Waals surface area contributed by atoms with Gasteiger partial charge in [0.2, 0.25) is 6.35 Å². The van der Waals surface area contributed by atoms with Crippen LogP contribution in [0.4, 0.5) is 0 Å². The van der Waals surface area contributed by atoms with Gasteiger partial charge in [-0.2, -0.15) is 0 Å². The van der Waals surface area contributed by atoms with E-state index in [1.807, 2.05) is 5.48 Å². The summed E-state index contributed by atoms with van der Waals surface area (Å²) in [5, 5.41) is 27.2. The maximum Gasteiger partial charge on any atom is 0.229 e. The fourth-order valence-corrected chi connectivity index (χ4v) is 1.82. The first-order valence-corrected chi connectivity index (χ1v) is 5.12. The van der Waals surface area contributed by atoms with E-state index in [-0.39, 0.29) is 24.8 Å². The quantitative estimate of drug-likeness (QED) is 0.452. The molecule has 3 atom stereocenters. The summed E-state index contributed by atoms with van der Waals surface area (Å²) in [6.07, 6.45) is 3.07. The van der Waals surface area contributed by atoms with E-state index in [0.29, 0.717) is 0 Å². The zero-order valence-corrected chi connectivity index (χ0v) is 8.65. The number of aliphatic hydroxyl groups excluding tert-OH is 2. The predicted molar refractivity (Wildman–Crippen MR) is 54.3 cm³/mol. The van der Waals surface area contributed by atoms with Gasteiger partial charge in [-0.3, -0.25) is 10.7 Å². The van der Waals surface area contributed by atoms with Crippen LogP contribution >= 0.6 is 0 Å². The first-order valence-electron chi connectivity index (χ1n) is 5.12. The maximum absolute atomic E-state index is 9.68. The number of amidine groups is 1. The Labute approximate surface area is 92.6 Å². The zero-order valence-electron chi connectivity index (χ0n) is 8.65. The smallest absolute Gasteiger partial charge is 0.229 e. The third-order valence-corrected chi connectivity index (χ3v) is 2.66. The van der Waals surface area contributed by atoms with Crippen molar-refractivity contribution in [1.29, 1.82) is 0 Å². The van der Waals surface area contributed by atoms with Gasteiger partial charge in [0, 0.05) is 6.20 Å². The highest BCUT2D eigenvalue weighted by atomic mass is 16.5. The Morgan fingerprint density at radius 2 is 2.38 bits per heavy atom. The number of hydrogen-bond acceptors (Lipinski definition) is 7. The summed E-state index contributed by atoms with van der Waals surface area (Å²) in [6.45, 7) is -0.0170. The van der Waals surface area contributed by atoms with Crippen LogP contribution in [0.15, 0.2) is 17.3 Å². The van der Waals surface area contributed by atoms with Crippen LogP contribution in [-0.4, -0.2) is 51.4 Å². The van der Waals surface area contributed by atoms with E-state index in [0.717, 1.165) is 12.8 Å². The molecule has 90 valence electrons. The van der Waals surface area contributed by atoms with Crippen LogP contribution in [0.25, 0.3) is 0 Å². The first-order chi connectivity index (χ1) is 7.74. The monoisotopic (exact) mass is 229 g/mol. The molecule has 7 nitrogen and oxygen atoms in total. The molecule has 0 radical (unpaired) electrons. The van der Waals surface area contributed by atoms with Gasteiger partial charge in [0.25, 0.3) is 0 Å². The van der Waals surface area contributed by atoms with Crippen LogP contribution in [0, 0.1) is 0 Å². The molecule has 3 unspecified atom stereocenters. The lowest BCUT2D eigenvalue weighted by Gasteiger charge is -2.31. The molecular formula is C9H15N3O4. The molecule has 0 aromatic carbocycles. The highest BCUT2D eigenvalue weighted by Crippen LogP contribution is 2.25. The molecule has 4 N–H and O–H groups in total. The van der Waals surface area contributed by atoms with Crippen LogP contribution in [0.5, 0.6) is 0 Å². The Hall–Kier alpha value is -1.15. The molecule has 2 rings (SSSR count). The van der Waals surface area contributed by atoms with E-state index in [1.54, 1.807) is 6.20 Å². The van der Waals surface area contributed by atoms with Crippen molar-refractivity contribution in [3.05, 3.63) is 12.3 Å². The third kappa shape index (κ3) is 2.17. The molecule has 0 aromatic rings. The lowest BCUT2D eigenvalue weighted by molar-refractivity contribution is -0.105. The highest BCUT2D eigenvalue weighted by molar-refractivity contribution is 5.92. The van der Waals surface area contributed by atoms with E-state index in [9.17, 15) is 5.11 Å². The van der Waals surface area contributed by atoms with Crippen LogP contribution < -0.4 is 5.48 Å². The molecule has 0 saturated carbocycles. The Balaban J connectivity index is 1.97. The van der Waals surface area contributed by atoms with Crippen molar-refractivity contribution in [2.75, 3.05) is 6.61 Å². The largest absolute Gasteiger partial charge is 0.394 e. The second-order valence-electron chi connectivity index (χ2n) is 3.71. The molecule has 16 heavy (non-hydrogen) atoms. The Kier molecular flexibility index (Phi) is 3.39. The zero-order chi connectivity index (χ0) is 11.5. The highest BCUT2D eigenvalue weighted by Gasteiger charge is 2.32. The summed E-state index contributed by atoms with van der Waals surface area (Å²) in [4.78, 5) is 5.32. The number of aliphatic imine (C=N–C) groups is 1. The van der Waals surface area contributed by atoms with E-state index in [2.05, 4.69) is 4.99 Å². The average Bonchev–Trinajstić information content (AvgIpc) is 2.77. The van der Waals surface area contributed by atoms with Gasteiger partial charge in [0.1, 0.15) is 6.23 Å². The van der Waals surface area contributed by atoms with Crippen molar-refractivity contribution < 1.29 is 20.2 Å². The van der Waals surface area contributed by atoms with E-state index >= 15 is 0 Å². The first kappa shape index (κ1) is 11.3. The fourth-order valence-electron chi connectivity index (χ4n) is 1.82. The molecule has 2 heterocycles. The standard InChI is InChI=1S/C9H15N3O4/c13-5-6-1-2-8(16-6)12-4-3-7(11-15)10-9(12)14/h3-4,6,8-9,13-15H,1-2,5H2,(H,10,11). The van der Waals surface area contributed by atoms with E-state index < -0.39 is 6.35 Å². The van der Waals surface area contributed by atoms with Gasteiger partial charge in [-0.25, -0.2) is 4.99 Å². The summed E-state index contributed by atoms with van der Waals surface area (Å²) in [5.41, 5.74) is 1.86. The molecule has 1 fully saturated rings. The SMILES string of the molecule is OCC1CCC(N2C=CC(NO)=NC2O)O1. The predicted octanol–water partition coefficient (Wildman–Crippen LogP) is -1.03. The number of ether oxygens (including phenoxy) is 1. The summed E-state index contributed by atoms with van der Waals surface area (Å²) in [6, 6.07) is 0. The van der Waals surface area contributed by atoms with Crippen LogP contribution in [0.3, 0.4) is 0 Å². The van der Waals surface area contributed by atoms with Crippen molar-refractivity contribution in [1.82, 2.24) is 10.4 Å². The lowest BCUT2D eigenvalue weighted by Crippen LogP contribution is -2.42. The Morgan fingerprint density at radius 3 is 2.94 bits per heavy atom. The molecule has 0 amide bonds. The molecule has 0 bridgehead atoms. The van der Waals surface area contributed by atoms with Crippen LogP contribution in [-0.2, 0) is 4.74 Å². The van der Waals surface area contributed by atoms with Crippen molar-refractivity contribution in [3.8, 4) is 0 Å². The minimum absolute atomic E-state index is 0.0170. The maximum atomic E-state index is 9.68. The minimum atomic E-state index is -1.08. The summed E-state index contributed by atoms with van der Waals surface area (Å²) < 4.78 is 5.50. The second-order valence-corrected chi connectivity index (χ2v) is 3.71. The molecular weight excluding hydrogens is 214 g/mol.